The maximum Gasteiger partial charge on any atom is 0.238 e. The zero-order valence-electron chi connectivity index (χ0n) is 12.8. The second-order valence-corrected chi connectivity index (χ2v) is 5.76. The Balaban J connectivity index is 2.37. The summed E-state index contributed by atoms with van der Waals surface area (Å²) in [5.74, 6) is 1.54. The third kappa shape index (κ3) is 3.00. The predicted octanol–water partition coefficient (Wildman–Crippen LogP) is 4.49. The molecule has 0 spiro atoms. The molecule has 0 radical (unpaired) electrons. The number of benzene rings is 1. The van der Waals surface area contributed by atoms with E-state index in [9.17, 15) is 0 Å². The lowest BCUT2D eigenvalue weighted by Crippen LogP contribution is -2.12. The molecule has 108 valence electrons. The first-order valence-corrected chi connectivity index (χ1v) is 7.16. The molecule has 1 atom stereocenters. The van der Waals surface area contributed by atoms with Gasteiger partial charge in [-0.1, -0.05) is 45.9 Å². The van der Waals surface area contributed by atoms with Gasteiger partial charge in [-0.15, -0.1) is 10.2 Å². The molecule has 4 nitrogen and oxygen atoms in total. The highest BCUT2D eigenvalue weighted by Gasteiger charge is 2.18. The van der Waals surface area contributed by atoms with Crippen molar-refractivity contribution < 1.29 is 4.42 Å². The third-order valence-corrected chi connectivity index (χ3v) is 3.48. The molecule has 1 heterocycles. The van der Waals surface area contributed by atoms with Crippen LogP contribution in [-0.2, 0) is 0 Å². The van der Waals surface area contributed by atoms with Crippen LogP contribution >= 0.6 is 0 Å². The number of rotatable bonds is 5. The van der Waals surface area contributed by atoms with E-state index in [1.807, 2.05) is 6.92 Å². The van der Waals surface area contributed by atoms with Crippen LogP contribution < -0.4 is 5.32 Å². The standard InChI is InChI=1S/C16H23N3O/c1-10(2)13-7-6-8-14(11(3)4)15(13)18-12(5)16-19-17-9-20-16/h6-12,18H,1-5H3/t12-/m0/s1. The maximum atomic E-state index is 5.28. The van der Waals surface area contributed by atoms with Crippen molar-refractivity contribution in [1.82, 2.24) is 10.2 Å². The maximum absolute atomic E-state index is 5.28. The molecular weight excluding hydrogens is 250 g/mol. The van der Waals surface area contributed by atoms with Gasteiger partial charge in [0.25, 0.3) is 0 Å². The normalized spacial score (nSPS) is 12.9. The Labute approximate surface area is 120 Å². The summed E-state index contributed by atoms with van der Waals surface area (Å²) in [7, 11) is 0. The molecule has 4 heteroatoms. The van der Waals surface area contributed by atoms with E-state index in [4.69, 9.17) is 4.42 Å². The highest BCUT2D eigenvalue weighted by atomic mass is 16.4. The van der Waals surface area contributed by atoms with E-state index in [2.05, 4.69) is 61.4 Å². The van der Waals surface area contributed by atoms with E-state index in [-0.39, 0.29) is 6.04 Å². The summed E-state index contributed by atoms with van der Waals surface area (Å²) in [6, 6.07) is 6.49. The fourth-order valence-electron chi connectivity index (χ4n) is 2.37. The van der Waals surface area contributed by atoms with Crippen molar-refractivity contribution >= 4 is 5.69 Å². The minimum Gasteiger partial charge on any atom is -0.426 e. The van der Waals surface area contributed by atoms with Crippen LogP contribution in [0.4, 0.5) is 5.69 Å². The Morgan fingerprint density at radius 3 is 2.05 bits per heavy atom. The number of nitrogens with one attached hydrogen (secondary N) is 1. The van der Waals surface area contributed by atoms with Gasteiger partial charge in [0.15, 0.2) is 0 Å². The van der Waals surface area contributed by atoms with Crippen LogP contribution in [0, 0.1) is 0 Å². The van der Waals surface area contributed by atoms with Gasteiger partial charge in [0, 0.05) is 5.69 Å². The molecule has 0 aliphatic heterocycles. The van der Waals surface area contributed by atoms with Gasteiger partial charge in [-0.25, -0.2) is 0 Å². The second kappa shape index (κ2) is 6.07. The zero-order chi connectivity index (χ0) is 14.7. The minimum atomic E-state index is -0.00472. The molecule has 1 aromatic carbocycles. The molecule has 0 saturated carbocycles. The summed E-state index contributed by atoms with van der Waals surface area (Å²) >= 11 is 0. The van der Waals surface area contributed by atoms with Gasteiger partial charge in [-0.3, -0.25) is 0 Å². The molecule has 0 fully saturated rings. The van der Waals surface area contributed by atoms with E-state index in [1.165, 1.54) is 23.2 Å². The third-order valence-electron chi connectivity index (χ3n) is 3.48. The molecule has 0 aliphatic carbocycles. The van der Waals surface area contributed by atoms with E-state index >= 15 is 0 Å². The average Bonchev–Trinajstić information content (AvgIpc) is 2.92. The lowest BCUT2D eigenvalue weighted by molar-refractivity contribution is 0.473. The highest BCUT2D eigenvalue weighted by molar-refractivity contribution is 5.60. The molecule has 1 N–H and O–H groups in total. The van der Waals surface area contributed by atoms with Crippen LogP contribution in [0.1, 0.15) is 69.5 Å². The molecule has 0 unspecified atom stereocenters. The Hall–Kier alpha value is -1.84. The number of nitrogens with zero attached hydrogens (tertiary/aromatic N) is 2. The zero-order valence-corrected chi connectivity index (χ0v) is 12.8. The number of para-hydroxylation sites is 1. The fourth-order valence-corrected chi connectivity index (χ4v) is 2.37. The monoisotopic (exact) mass is 273 g/mol. The van der Waals surface area contributed by atoms with Crippen molar-refractivity contribution in [3.05, 3.63) is 41.6 Å². The van der Waals surface area contributed by atoms with Gasteiger partial charge in [0.2, 0.25) is 12.3 Å². The van der Waals surface area contributed by atoms with Crippen LogP contribution in [0.5, 0.6) is 0 Å². The van der Waals surface area contributed by atoms with Crippen LogP contribution in [-0.4, -0.2) is 10.2 Å². The molecule has 0 bridgehead atoms. The first-order chi connectivity index (χ1) is 9.50. The van der Waals surface area contributed by atoms with E-state index < -0.39 is 0 Å². The Morgan fingerprint density at radius 1 is 1.00 bits per heavy atom. The summed E-state index contributed by atoms with van der Waals surface area (Å²) in [5.41, 5.74) is 3.84. The SMILES string of the molecule is CC(C)c1cccc(C(C)C)c1N[C@@H](C)c1nnco1. The largest absolute Gasteiger partial charge is 0.426 e. The van der Waals surface area contributed by atoms with Gasteiger partial charge in [-0.2, -0.15) is 0 Å². The highest BCUT2D eigenvalue weighted by Crippen LogP contribution is 2.34. The quantitative estimate of drug-likeness (QED) is 0.872. The van der Waals surface area contributed by atoms with Crippen molar-refractivity contribution in [1.29, 1.82) is 0 Å². The van der Waals surface area contributed by atoms with E-state index in [0.717, 1.165) is 0 Å². The Bertz CT molecular complexity index is 521. The topological polar surface area (TPSA) is 51.0 Å². The Kier molecular flexibility index (Phi) is 4.42. The summed E-state index contributed by atoms with van der Waals surface area (Å²) in [6.07, 6.45) is 1.37. The van der Waals surface area contributed by atoms with Gasteiger partial charge in [0.05, 0.1) is 0 Å². The van der Waals surface area contributed by atoms with Crippen LogP contribution in [0.2, 0.25) is 0 Å². The molecule has 0 amide bonds. The molecule has 2 aromatic rings. The fraction of sp³-hybridized carbons (Fsp3) is 0.500. The van der Waals surface area contributed by atoms with Gasteiger partial charge in [-0.05, 0) is 29.9 Å². The van der Waals surface area contributed by atoms with Crippen LogP contribution in [0.15, 0.2) is 29.0 Å². The van der Waals surface area contributed by atoms with E-state index in [1.54, 1.807) is 0 Å². The second-order valence-electron chi connectivity index (χ2n) is 5.76. The lowest BCUT2D eigenvalue weighted by Gasteiger charge is -2.23. The number of hydrogen-bond acceptors (Lipinski definition) is 4. The minimum absolute atomic E-state index is 0.00472. The summed E-state index contributed by atoms with van der Waals surface area (Å²) in [4.78, 5) is 0. The Morgan fingerprint density at radius 2 is 1.60 bits per heavy atom. The molecule has 20 heavy (non-hydrogen) atoms. The number of aromatic nitrogens is 2. The van der Waals surface area contributed by atoms with Gasteiger partial charge < -0.3 is 9.73 Å². The van der Waals surface area contributed by atoms with Crippen molar-refractivity contribution in [2.24, 2.45) is 0 Å². The molecule has 1 aromatic heterocycles. The predicted molar refractivity (Wildman–Crippen MR) is 81.0 cm³/mol. The van der Waals surface area contributed by atoms with Crippen LogP contribution in [0.3, 0.4) is 0 Å². The van der Waals surface area contributed by atoms with Crippen molar-refractivity contribution in [3.63, 3.8) is 0 Å². The summed E-state index contributed by atoms with van der Waals surface area (Å²) in [5, 5.41) is 11.3. The van der Waals surface area contributed by atoms with Gasteiger partial charge in [0.1, 0.15) is 6.04 Å². The van der Waals surface area contributed by atoms with Crippen molar-refractivity contribution in [2.75, 3.05) is 5.32 Å². The summed E-state index contributed by atoms with van der Waals surface area (Å²) < 4.78 is 5.28. The number of hydrogen-bond donors (Lipinski definition) is 1. The molecule has 2 rings (SSSR count). The van der Waals surface area contributed by atoms with E-state index in [0.29, 0.717) is 17.7 Å². The number of anilines is 1. The smallest absolute Gasteiger partial charge is 0.238 e. The summed E-state index contributed by atoms with van der Waals surface area (Å²) in [6.45, 7) is 10.9. The van der Waals surface area contributed by atoms with Gasteiger partial charge >= 0.3 is 0 Å². The molecular formula is C16H23N3O. The molecule has 0 aliphatic rings. The van der Waals surface area contributed by atoms with Crippen LogP contribution in [0.25, 0.3) is 0 Å². The first kappa shape index (κ1) is 14.6. The molecule has 0 saturated heterocycles. The van der Waals surface area contributed by atoms with Crippen molar-refractivity contribution in [3.8, 4) is 0 Å². The average molecular weight is 273 g/mol. The lowest BCUT2D eigenvalue weighted by atomic mass is 9.92. The van der Waals surface area contributed by atoms with Crippen molar-refractivity contribution in [2.45, 2.75) is 52.5 Å². The first-order valence-electron chi connectivity index (χ1n) is 7.16.